The van der Waals surface area contributed by atoms with Crippen molar-refractivity contribution >= 4 is 44.3 Å². The van der Waals surface area contributed by atoms with Crippen LogP contribution in [0.3, 0.4) is 0 Å². The van der Waals surface area contributed by atoms with E-state index in [9.17, 15) is 13.2 Å². The van der Waals surface area contributed by atoms with Crippen LogP contribution in [0.1, 0.15) is 30.5 Å². The summed E-state index contributed by atoms with van der Waals surface area (Å²) < 4.78 is 26.7. The summed E-state index contributed by atoms with van der Waals surface area (Å²) in [6.45, 7) is 5.33. The van der Waals surface area contributed by atoms with Crippen LogP contribution in [-0.2, 0) is 21.4 Å². The summed E-state index contributed by atoms with van der Waals surface area (Å²) in [4.78, 5) is 13.1. The molecule has 0 saturated carbocycles. The number of benzene rings is 3. The molecule has 7 nitrogen and oxygen atoms in total. The zero-order valence-electron chi connectivity index (χ0n) is 19.2. The predicted octanol–water partition coefficient (Wildman–Crippen LogP) is 4.49. The van der Waals surface area contributed by atoms with Crippen molar-refractivity contribution in [2.24, 2.45) is 0 Å². The summed E-state index contributed by atoms with van der Waals surface area (Å²) in [6, 6.07) is 22.7. The van der Waals surface area contributed by atoms with E-state index in [1.807, 2.05) is 54.6 Å². The van der Waals surface area contributed by atoms with Gasteiger partial charge in [-0.15, -0.1) is 0 Å². The maximum Gasteiger partial charge on any atom is 0.258 e. The van der Waals surface area contributed by atoms with Crippen molar-refractivity contribution in [3.8, 4) is 0 Å². The van der Waals surface area contributed by atoms with Crippen molar-refractivity contribution in [3.05, 3.63) is 89.5 Å². The number of nitrogens with one attached hydrogen (secondary N) is 4. The van der Waals surface area contributed by atoms with Gasteiger partial charge in [0, 0.05) is 29.2 Å². The largest absolute Gasteiger partial charge is 0.354 e. The van der Waals surface area contributed by atoms with Crippen molar-refractivity contribution in [1.82, 2.24) is 5.32 Å². The van der Waals surface area contributed by atoms with Gasteiger partial charge in [0.15, 0.2) is 0 Å². The number of anilines is 3. The fraction of sp³-hybridized carbons (Fsp3) is 0.192. The zero-order valence-corrected chi connectivity index (χ0v) is 20.0. The molecule has 1 aliphatic heterocycles. The van der Waals surface area contributed by atoms with Crippen LogP contribution >= 0.6 is 0 Å². The highest BCUT2D eigenvalue weighted by molar-refractivity contribution is 7.92. The molecule has 0 saturated heterocycles. The Kier molecular flexibility index (Phi) is 7.00. The minimum atomic E-state index is -3.44. The minimum absolute atomic E-state index is 0.0371. The van der Waals surface area contributed by atoms with Gasteiger partial charge in [0.25, 0.3) is 5.91 Å². The molecule has 1 aliphatic rings. The third-order valence-electron chi connectivity index (χ3n) is 5.53. The number of amides is 1. The second kappa shape index (κ2) is 10.1. The van der Waals surface area contributed by atoms with Crippen LogP contribution < -0.4 is 20.7 Å². The quantitative estimate of drug-likeness (QED) is 0.341. The Balaban J connectivity index is 1.78. The highest BCUT2D eigenvalue weighted by Gasteiger charge is 2.29. The predicted molar refractivity (Wildman–Crippen MR) is 139 cm³/mol. The van der Waals surface area contributed by atoms with Crippen LogP contribution in [0, 0.1) is 0 Å². The summed E-state index contributed by atoms with van der Waals surface area (Å²) in [7, 11) is -3.44. The molecule has 176 valence electrons. The van der Waals surface area contributed by atoms with Crippen molar-refractivity contribution in [2.75, 3.05) is 27.7 Å². The lowest BCUT2D eigenvalue weighted by Gasteiger charge is -2.16. The van der Waals surface area contributed by atoms with E-state index in [-0.39, 0.29) is 11.7 Å². The summed E-state index contributed by atoms with van der Waals surface area (Å²) in [5.41, 5.74) is 5.63. The average Bonchev–Trinajstić information content (AvgIpc) is 3.17. The van der Waals surface area contributed by atoms with Gasteiger partial charge in [-0.2, -0.15) is 0 Å². The Morgan fingerprint density at radius 3 is 2.29 bits per heavy atom. The number of fused-ring (bicyclic) bond motifs is 1. The van der Waals surface area contributed by atoms with E-state index in [1.54, 1.807) is 25.1 Å². The number of hydrogen-bond donors (Lipinski definition) is 4. The first kappa shape index (κ1) is 23.5. The van der Waals surface area contributed by atoms with E-state index in [1.165, 1.54) is 0 Å². The van der Waals surface area contributed by atoms with Crippen LogP contribution in [-0.4, -0.2) is 26.6 Å². The second-order valence-electron chi connectivity index (χ2n) is 7.94. The van der Waals surface area contributed by atoms with Gasteiger partial charge in [-0.05, 0) is 54.9 Å². The molecule has 4 N–H and O–H groups in total. The monoisotopic (exact) mass is 476 g/mol. The Labute approximate surface area is 200 Å². The number of rotatable bonds is 9. The van der Waals surface area contributed by atoms with E-state index in [4.69, 9.17) is 0 Å². The molecule has 0 fully saturated rings. The smallest absolute Gasteiger partial charge is 0.258 e. The molecule has 0 aliphatic carbocycles. The molecular formula is C26H28N4O3S. The van der Waals surface area contributed by atoms with Crippen LogP contribution in [0.2, 0.25) is 0 Å². The maximum atomic E-state index is 13.1. The van der Waals surface area contributed by atoms with Crippen LogP contribution in [0.4, 0.5) is 17.1 Å². The molecule has 3 aromatic carbocycles. The lowest BCUT2D eigenvalue weighted by Crippen LogP contribution is -2.14. The lowest BCUT2D eigenvalue weighted by molar-refractivity contribution is -0.110. The summed E-state index contributed by atoms with van der Waals surface area (Å²) >= 11 is 0. The molecule has 0 spiro atoms. The van der Waals surface area contributed by atoms with Crippen LogP contribution in [0.5, 0.6) is 0 Å². The van der Waals surface area contributed by atoms with Gasteiger partial charge >= 0.3 is 0 Å². The van der Waals surface area contributed by atoms with Crippen molar-refractivity contribution in [2.45, 2.75) is 20.4 Å². The lowest BCUT2D eigenvalue weighted by atomic mass is 9.99. The molecule has 34 heavy (non-hydrogen) atoms. The van der Waals surface area contributed by atoms with E-state index in [0.29, 0.717) is 28.2 Å². The normalized spacial score (nSPS) is 14.4. The van der Waals surface area contributed by atoms with Gasteiger partial charge in [-0.1, -0.05) is 49.4 Å². The third kappa shape index (κ3) is 5.30. The topological polar surface area (TPSA) is 99.3 Å². The molecule has 8 heteroatoms. The highest BCUT2D eigenvalue weighted by atomic mass is 32.2. The Hall–Kier alpha value is -3.62. The van der Waals surface area contributed by atoms with Crippen LogP contribution in [0.15, 0.2) is 72.8 Å². The summed E-state index contributed by atoms with van der Waals surface area (Å²) in [5.74, 6) is -0.287. The van der Waals surface area contributed by atoms with E-state index in [0.717, 1.165) is 29.9 Å². The maximum absolute atomic E-state index is 13.1. The summed E-state index contributed by atoms with van der Waals surface area (Å²) in [6.07, 6.45) is 0. The fourth-order valence-corrected chi connectivity index (χ4v) is 4.36. The van der Waals surface area contributed by atoms with E-state index in [2.05, 4.69) is 27.6 Å². The van der Waals surface area contributed by atoms with Gasteiger partial charge in [0.05, 0.1) is 17.0 Å². The molecule has 0 aromatic heterocycles. The van der Waals surface area contributed by atoms with Gasteiger partial charge in [-0.3, -0.25) is 9.52 Å². The molecule has 1 amide bonds. The molecule has 1 heterocycles. The van der Waals surface area contributed by atoms with Gasteiger partial charge in [0.1, 0.15) is 0 Å². The van der Waals surface area contributed by atoms with Crippen molar-refractivity contribution in [3.63, 3.8) is 0 Å². The Morgan fingerprint density at radius 1 is 0.912 bits per heavy atom. The van der Waals surface area contributed by atoms with Crippen molar-refractivity contribution in [1.29, 1.82) is 0 Å². The number of hydrogen-bond acceptors (Lipinski definition) is 5. The van der Waals surface area contributed by atoms with E-state index >= 15 is 0 Å². The van der Waals surface area contributed by atoms with Gasteiger partial charge in [0.2, 0.25) is 10.0 Å². The third-order valence-corrected chi connectivity index (χ3v) is 6.84. The zero-order chi connectivity index (χ0) is 24.1. The van der Waals surface area contributed by atoms with Crippen LogP contribution in [0.25, 0.3) is 11.3 Å². The molecule has 0 unspecified atom stereocenters. The SMILES string of the molecule is CCNCc1ccc(N/C(=C2\C(=O)Nc3ccc(NS(=O)(=O)CC)cc32)c2ccccc2)cc1. The number of carbonyl (C=O) groups is 1. The minimum Gasteiger partial charge on any atom is -0.354 e. The second-order valence-corrected chi connectivity index (χ2v) is 9.95. The molecular weight excluding hydrogens is 448 g/mol. The molecule has 3 aromatic rings. The first-order valence-corrected chi connectivity index (χ1v) is 12.9. The fourth-order valence-electron chi connectivity index (χ4n) is 3.73. The first-order valence-electron chi connectivity index (χ1n) is 11.2. The molecule has 0 atom stereocenters. The average molecular weight is 477 g/mol. The van der Waals surface area contributed by atoms with Crippen molar-refractivity contribution < 1.29 is 13.2 Å². The van der Waals surface area contributed by atoms with Gasteiger partial charge in [-0.25, -0.2) is 8.42 Å². The first-order chi connectivity index (χ1) is 16.4. The molecule has 4 rings (SSSR count). The Morgan fingerprint density at radius 2 is 1.62 bits per heavy atom. The standard InChI is InChI=1S/C26H28N4O3S/c1-3-27-17-18-10-12-20(13-11-18)28-25(19-8-6-5-7-9-19)24-22-16-21(30-34(32,33)4-2)14-15-23(22)29-26(24)31/h5-16,27-28,30H,3-4,17H2,1-2H3,(H,29,31)/b25-24-. The Bertz CT molecular complexity index is 1320. The molecule has 0 bridgehead atoms. The number of sulfonamides is 1. The van der Waals surface area contributed by atoms with E-state index < -0.39 is 10.0 Å². The summed E-state index contributed by atoms with van der Waals surface area (Å²) in [5, 5.41) is 9.63. The number of carbonyl (C=O) groups excluding carboxylic acids is 1. The molecule has 0 radical (unpaired) electrons. The highest BCUT2D eigenvalue weighted by Crippen LogP contribution is 2.39. The van der Waals surface area contributed by atoms with Gasteiger partial charge < -0.3 is 16.0 Å².